The molecule has 1 fully saturated rings. The van der Waals surface area contributed by atoms with Crippen LogP contribution in [0.25, 0.3) is 0 Å². The van der Waals surface area contributed by atoms with Gasteiger partial charge in [0.2, 0.25) is 16.9 Å². The number of benzene rings is 1. The van der Waals surface area contributed by atoms with E-state index in [2.05, 4.69) is 22.4 Å². The summed E-state index contributed by atoms with van der Waals surface area (Å²) in [6, 6.07) is 5.89. The van der Waals surface area contributed by atoms with Crippen LogP contribution in [0.1, 0.15) is 35.9 Å². The lowest BCUT2D eigenvalue weighted by Gasteiger charge is -2.20. The summed E-state index contributed by atoms with van der Waals surface area (Å²) in [6.07, 6.45) is 2.07. The zero-order chi connectivity index (χ0) is 18.0. The van der Waals surface area contributed by atoms with Crippen molar-refractivity contribution in [3.8, 4) is 0 Å². The number of carbonyl (C=O) groups is 2. The molecule has 0 saturated carbocycles. The number of nitrogens with one attached hydrogen (secondary N) is 1. The third-order valence-electron chi connectivity index (χ3n) is 4.52. The highest BCUT2D eigenvalue weighted by Crippen LogP contribution is 2.30. The van der Waals surface area contributed by atoms with Gasteiger partial charge in [-0.25, -0.2) is 0 Å². The molecule has 1 atom stereocenters. The molecule has 1 aliphatic rings. The molecule has 0 unspecified atom stereocenters. The van der Waals surface area contributed by atoms with E-state index < -0.39 is 0 Å². The summed E-state index contributed by atoms with van der Waals surface area (Å²) < 4.78 is 0. The highest BCUT2D eigenvalue weighted by Gasteiger charge is 2.36. The van der Waals surface area contributed by atoms with Gasteiger partial charge in [-0.1, -0.05) is 30.4 Å². The van der Waals surface area contributed by atoms with E-state index in [4.69, 9.17) is 0 Å². The topological polar surface area (TPSA) is 75.2 Å². The molecule has 0 bridgehead atoms. The van der Waals surface area contributed by atoms with Crippen LogP contribution in [0.15, 0.2) is 18.2 Å². The largest absolute Gasteiger partial charge is 0.311 e. The first kappa shape index (κ1) is 17.5. The van der Waals surface area contributed by atoms with Crippen LogP contribution in [0, 0.1) is 19.8 Å². The van der Waals surface area contributed by atoms with Crippen LogP contribution in [-0.2, 0) is 16.0 Å². The maximum atomic E-state index is 12.5. The summed E-state index contributed by atoms with van der Waals surface area (Å²) in [6.45, 7) is 6.50. The van der Waals surface area contributed by atoms with Crippen LogP contribution >= 0.6 is 11.3 Å². The van der Waals surface area contributed by atoms with E-state index in [9.17, 15) is 9.59 Å². The van der Waals surface area contributed by atoms with Gasteiger partial charge in [0.15, 0.2) is 0 Å². The molecule has 132 valence electrons. The number of hydrogen-bond donors (Lipinski definition) is 1. The molecule has 2 amide bonds. The molecule has 1 N–H and O–H groups in total. The Kier molecular flexibility index (Phi) is 5.13. The molecule has 2 aromatic rings. The Hall–Kier alpha value is -2.28. The van der Waals surface area contributed by atoms with Crippen molar-refractivity contribution in [2.75, 3.05) is 16.8 Å². The summed E-state index contributed by atoms with van der Waals surface area (Å²) in [5.74, 6) is -0.552. The number of hydrogen-bond acceptors (Lipinski definition) is 5. The second-order valence-electron chi connectivity index (χ2n) is 6.36. The minimum atomic E-state index is -0.370. The average Bonchev–Trinajstić information content (AvgIpc) is 3.17. The van der Waals surface area contributed by atoms with Crippen molar-refractivity contribution in [1.29, 1.82) is 0 Å². The van der Waals surface area contributed by atoms with Crippen LogP contribution in [0.5, 0.6) is 0 Å². The number of aromatic nitrogens is 2. The Balaban J connectivity index is 1.69. The minimum absolute atomic E-state index is 0.0159. The molecule has 0 spiro atoms. The lowest BCUT2D eigenvalue weighted by Crippen LogP contribution is -2.28. The first-order chi connectivity index (χ1) is 12.0. The molecule has 1 aromatic carbocycles. The Morgan fingerprint density at radius 3 is 2.92 bits per heavy atom. The maximum Gasteiger partial charge on any atom is 0.231 e. The van der Waals surface area contributed by atoms with E-state index >= 15 is 0 Å². The van der Waals surface area contributed by atoms with Crippen molar-refractivity contribution in [3.05, 3.63) is 34.3 Å². The molecule has 7 heteroatoms. The van der Waals surface area contributed by atoms with E-state index in [1.54, 1.807) is 4.90 Å². The van der Waals surface area contributed by atoms with E-state index in [0.29, 0.717) is 11.7 Å². The number of aryl methyl sites for hydroxylation is 2. The molecular formula is C18H22N4O2S. The van der Waals surface area contributed by atoms with Crippen LogP contribution in [0.4, 0.5) is 10.8 Å². The van der Waals surface area contributed by atoms with E-state index in [1.807, 2.05) is 32.0 Å². The van der Waals surface area contributed by atoms with Crippen molar-refractivity contribution in [2.45, 2.75) is 40.0 Å². The first-order valence-electron chi connectivity index (χ1n) is 8.49. The van der Waals surface area contributed by atoms with Gasteiger partial charge >= 0.3 is 0 Å². The Labute approximate surface area is 151 Å². The molecule has 0 radical (unpaired) electrons. The van der Waals surface area contributed by atoms with Crippen LogP contribution < -0.4 is 10.2 Å². The molecular weight excluding hydrogens is 336 g/mol. The summed E-state index contributed by atoms with van der Waals surface area (Å²) >= 11 is 1.39. The smallest absolute Gasteiger partial charge is 0.231 e. The fourth-order valence-electron chi connectivity index (χ4n) is 2.97. The first-order valence-corrected chi connectivity index (χ1v) is 9.31. The van der Waals surface area contributed by atoms with Gasteiger partial charge < -0.3 is 10.2 Å². The normalized spacial score (nSPS) is 17.2. The molecule has 25 heavy (non-hydrogen) atoms. The quantitative estimate of drug-likeness (QED) is 0.891. The van der Waals surface area contributed by atoms with Crippen LogP contribution in [0.3, 0.4) is 0 Å². The van der Waals surface area contributed by atoms with Gasteiger partial charge in [0.25, 0.3) is 0 Å². The summed E-state index contributed by atoms with van der Waals surface area (Å²) in [5.41, 5.74) is 3.10. The van der Waals surface area contributed by atoms with Gasteiger partial charge in [-0.05, 0) is 37.5 Å². The fourth-order valence-corrected chi connectivity index (χ4v) is 3.81. The fraction of sp³-hybridized carbons (Fsp3) is 0.444. The zero-order valence-electron chi connectivity index (χ0n) is 14.7. The van der Waals surface area contributed by atoms with Gasteiger partial charge in [0.1, 0.15) is 5.01 Å². The molecule has 6 nitrogen and oxygen atoms in total. The number of rotatable bonds is 5. The molecule has 1 saturated heterocycles. The van der Waals surface area contributed by atoms with E-state index in [0.717, 1.165) is 34.7 Å². The Morgan fingerprint density at radius 1 is 1.36 bits per heavy atom. The Morgan fingerprint density at radius 2 is 2.16 bits per heavy atom. The lowest BCUT2D eigenvalue weighted by molar-refractivity contribution is -0.122. The summed E-state index contributed by atoms with van der Waals surface area (Å²) in [7, 11) is 0. The highest BCUT2D eigenvalue weighted by atomic mass is 32.1. The Bertz CT molecular complexity index is 802. The van der Waals surface area contributed by atoms with Crippen molar-refractivity contribution < 1.29 is 9.59 Å². The van der Waals surface area contributed by atoms with Gasteiger partial charge in [-0.15, -0.1) is 10.2 Å². The van der Waals surface area contributed by atoms with Crippen molar-refractivity contribution in [2.24, 2.45) is 5.92 Å². The predicted molar refractivity (Wildman–Crippen MR) is 98.9 cm³/mol. The molecule has 0 aliphatic carbocycles. The third kappa shape index (κ3) is 3.71. The number of nitrogens with zero attached hydrogens (tertiary/aromatic N) is 3. The number of amides is 2. The molecule has 1 aliphatic heterocycles. The predicted octanol–water partition coefficient (Wildman–Crippen LogP) is 3.10. The zero-order valence-corrected chi connectivity index (χ0v) is 15.5. The number of carbonyl (C=O) groups excluding carboxylic acids is 2. The second-order valence-corrected chi connectivity index (χ2v) is 7.43. The summed E-state index contributed by atoms with van der Waals surface area (Å²) in [4.78, 5) is 26.6. The van der Waals surface area contributed by atoms with Crippen molar-refractivity contribution in [3.63, 3.8) is 0 Å². The van der Waals surface area contributed by atoms with E-state index in [1.165, 1.54) is 11.3 Å². The monoisotopic (exact) mass is 358 g/mol. The lowest BCUT2D eigenvalue weighted by atomic mass is 10.1. The van der Waals surface area contributed by atoms with Crippen molar-refractivity contribution >= 4 is 34.0 Å². The van der Waals surface area contributed by atoms with Gasteiger partial charge in [0, 0.05) is 25.1 Å². The standard InChI is InChI=1S/C18H22N4O2S/c1-4-6-15-20-21-18(25-15)19-17(24)13-9-16(23)22(10-13)14-8-5-7-11(2)12(14)3/h5,7-8,13H,4,6,9-10H2,1-3H3,(H,19,21,24)/t13-/m0/s1. The maximum absolute atomic E-state index is 12.5. The van der Waals surface area contributed by atoms with Crippen LogP contribution in [-0.4, -0.2) is 28.6 Å². The van der Waals surface area contributed by atoms with E-state index in [-0.39, 0.29) is 24.2 Å². The van der Waals surface area contributed by atoms with Gasteiger partial charge in [-0.2, -0.15) is 0 Å². The van der Waals surface area contributed by atoms with Crippen molar-refractivity contribution in [1.82, 2.24) is 10.2 Å². The molecule has 3 rings (SSSR count). The van der Waals surface area contributed by atoms with Gasteiger partial charge in [-0.3, -0.25) is 9.59 Å². The third-order valence-corrected chi connectivity index (χ3v) is 5.42. The van der Waals surface area contributed by atoms with Gasteiger partial charge in [0.05, 0.1) is 5.92 Å². The average molecular weight is 358 g/mol. The van der Waals surface area contributed by atoms with Crippen LogP contribution in [0.2, 0.25) is 0 Å². The minimum Gasteiger partial charge on any atom is -0.311 e. The molecule has 2 heterocycles. The summed E-state index contributed by atoms with van der Waals surface area (Å²) in [5, 5.41) is 12.3. The SMILES string of the molecule is CCCc1nnc(NC(=O)[C@H]2CC(=O)N(c3cccc(C)c3C)C2)s1. The second kappa shape index (κ2) is 7.31. The molecule has 1 aromatic heterocycles. The highest BCUT2D eigenvalue weighted by molar-refractivity contribution is 7.15. The number of anilines is 2.